The van der Waals surface area contributed by atoms with E-state index in [1.165, 1.54) is 11.3 Å². The standard InChI is InChI=1S/C8H11NO2S/c1-5-8(6(2)10)12-7(9-5)4-11-3/h4H2,1-3H3. The van der Waals surface area contributed by atoms with Crippen LogP contribution in [0.2, 0.25) is 0 Å². The Morgan fingerprint density at radius 3 is 2.75 bits per heavy atom. The minimum Gasteiger partial charge on any atom is -0.378 e. The molecule has 0 atom stereocenters. The van der Waals surface area contributed by atoms with Gasteiger partial charge in [0.1, 0.15) is 5.01 Å². The van der Waals surface area contributed by atoms with Crippen molar-refractivity contribution in [1.29, 1.82) is 0 Å². The van der Waals surface area contributed by atoms with Gasteiger partial charge in [0.2, 0.25) is 0 Å². The van der Waals surface area contributed by atoms with Gasteiger partial charge in [-0.2, -0.15) is 0 Å². The molecule has 1 rings (SSSR count). The summed E-state index contributed by atoms with van der Waals surface area (Å²) in [6.45, 7) is 3.88. The van der Waals surface area contributed by atoms with Gasteiger partial charge in [-0.05, 0) is 6.92 Å². The maximum atomic E-state index is 11.0. The molecular formula is C8H11NO2S. The number of hydrogen-bond donors (Lipinski definition) is 0. The summed E-state index contributed by atoms with van der Waals surface area (Å²) in [6.07, 6.45) is 0. The maximum Gasteiger partial charge on any atom is 0.171 e. The second-order valence-electron chi connectivity index (χ2n) is 2.51. The van der Waals surface area contributed by atoms with Crippen LogP contribution in [0.5, 0.6) is 0 Å². The van der Waals surface area contributed by atoms with Crippen molar-refractivity contribution >= 4 is 17.1 Å². The Morgan fingerprint density at radius 1 is 1.67 bits per heavy atom. The smallest absolute Gasteiger partial charge is 0.171 e. The number of ketones is 1. The van der Waals surface area contributed by atoms with E-state index in [0.29, 0.717) is 6.61 Å². The van der Waals surface area contributed by atoms with Gasteiger partial charge >= 0.3 is 0 Å². The van der Waals surface area contributed by atoms with Crippen LogP contribution in [0.4, 0.5) is 0 Å². The molecule has 1 aromatic rings. The SMILES string of the molecule is COCc1nc(C)c(C(C)=O)s1. The van der Waals surface area contributed by atoms with Crippen LogP contribution in [0.25, 0.3) is 0 Å². The lowest BCUT2D eigenvalue weighted by Crippen LogP contribution is -1.89. The number of aryl methyl sites for hydroxylation is 1. The molecule has 1 heterocycles. The van der Waals surface area contributed by atoms with Gasteiger partial charge in [-0.3, -0.25) is 4.79 Å². The fourth-order valence-electron chi connectivity index (χ4n) is 0.964. The topological polar surface area (TPSA) is 39.2 Å². The highest BCUT2D eigenvalue weighted by atomic mass is 32.1. The second-order valence-corrected chi connectivity index (χ2v) is 3.59. The van der Waals surface area contributed by atoms with Crippen molar-refractivity contribution in [3.63, 3.8) is 0 Å². The highest BCUT2D eigenvalue weighted by Gasteiger charge is 2.10. The summed E-state index contributed by atoms with van der Waals surface area (Å²) in [5.74, 6) is 0.0763. The van der Waals surface area contributed by atoms with E-state index in [2.05, 4.69) is 4.98 Å². The third-order valence-electron chi connectivity index (χ3n) is 1.43. The normalized spacial score (nSPS) is 10.2. The number of ether oxygens (including phenoxy) is 1. The molecule has 0 bridgehead atoms. The first-order valence-electron chi connectivity index (χ1n) is 3.61. The second kappa shape index (κ2) is 3.78. The molecule has 0 saturated heterocycles. The third kappa shape index (κ3) is 1.89. The van der Waals surface area contributed by atoms with E-state index in [1.54, 1.807) is 14.0 Å². The number of hydrogen-bond acceptors (Lipinski definition) is 4. The number of carbonyl (C=O) groups is 1. The molecule has 1 aromatic heterocycles. The molecule has 0 spiro atoms. The highest BCUT2D eigenvalue weighted by Crippen LogP contribution is 2.18. The summed E-state index contributed by atoms with van der Waals surface area (Å²) in [6, 6.07) is 0. The predicted octanol–water partition coefficient (Wildman–Crippen LogP) is 1.80. The molecule has 0 unspecified atom stereocenters. The Balaban J connectivity index is 2.92. The van der Waals surface area contributed by atoms with Gasteiger partial charge in [0, 0.05) is 14.0 Å². The van der Waals surface area contributed by atoms with Crippen molar-refractivity contribution in [2.75, 3.05) is 7.11 Å². The van der Waals surface area contributed by atoms with Crippen molar-refractivity contribution < 1.29 is 9.53 Å². The number of rotatable bonds is 3. The average Bonchev–Trinajstić information content (AvgIpc) is 2.32. The minimum absolute atomic E-state index is 0.0763. The van der Waals surface area contributed by atoms with Crippen LogP contribution in [0.1, 0.15) is 27.3 Å². The van der Waals surface area contributed by atoms with Crippen molar-refractivity contribution in [3.05, 3.63) is 15.6 Å². The van der Waals surface area contributed by atoms with Gasteiger partial charge < -0.3 is 4.74 Å². The maximum absolute atomic E-state index is 11.0. The van der Waals surface area contributed by atoms with Gasteiger partial charge in [-0.15, -0.1) is 11.3 Å². The molecule has 66 valence electrons. The fourth-order valence-corrected chi connectivity index (χ4v) is 1.90. The third-order valence-corrected chi connectivity index (χ3v) is 2.66. The van der Waals surface area contributed by atoms with Gasteiger partial charge in [0.25, 0.3) is 0 Å². The molecule has 0 aromatic carbocycles. The number of Topliss-reactive ketones (excluding diaryl/α,β-unsaturated/α-hetero) is 1. The number of methoxy groups -OCH3 is 1. The quantitative estimate of drug-likeness (QED) is 0.674. The lowest BCUT2D eigenvalue weighted by Gasteiger charge is -1.88. The van der Waals surface area contributed by atoms with Crippen LogP contribution >= 0.6 is 11.3 Å². The molecule has 12 heavy (non-hydrogen) atoms. The molecule has 0 saturated carbocycles. The molecule has 0 fully saturated rings. The number of thiazole rings is 1. The van der Waals surface area contributed by atoms with Crippen LogP contribution in [-0.4, -0.2) is 17.9 Å². The summed E-state index contributed by atoms with van der Waals surface area (Å²) in [5.41, 5.74) is 0.805. The zero-order chi connectivity index (χ0) is 9.14. The highest BCUT2D eigenvalue weighted by molar-refractivity contribution is 7.13. The fraction of sp³-hybridized carbons (Fsp3) is 0.500. The molecule has 0 amide bonds. The Bertz CT molecular complexity index is 293. The zero-order valence-electron chi connectivity index (χ0n) is 7.38. The van der Waals surface area contributed by atoms with E-state index in [1.807, 2.05) is 6.92 Å². The molecule has 0 aliphatic heterocycles. The van der Waals surface area contributed by atoms with Crippen LogP contribution in [0.3, 0.4) is 0 Å². The van der Waals surface area contributed by atoms with Crippen LogP contribution in [0, 0.1) is 6.92 Å². The van der Waals surface area contributed by atoms with E-state index < -0.39 is 0 Å². The Labute approximate surface area is 75.4 Å². The molecule has 4 heteroatoms. The largest absolute Gasteiger partial charge is 0.378 e. The van der Waals surface area contributed by atoms with Crippen molar-refractivity contribution in [3.8, 4) is 0 Å². The Kier molecular flexibility index (Phi) is 2.94. The lowest BCUT2D eigenvalue weighted by atomic mass is 10.3. The van der Waals surface area contributed by atoms with Crippen molar-refractivity contribution in [2.45, 2.75) is 20.5 Å². The summed E-state index contributed by atoms with van der Waals surface area (Å²) in [7, 11) is 1.62. The predicted molar refractivity (Wildman–Crippen MR) is 47.6 cm³/mol. The summed E-state index contributed by atoms with van der Waals surface area (Å²) in [5, 5.41) is 0.861. The van der Waals surface area contributed by atoms with E-state index in [4.69, 9.17) is 4.74 Å². The van der Waals surface area contributed by atoms with Crippen LogP contribution < -0.4 is 0 Å². The summed E-state index contributed by atoms with van der Waals surface area (Å²) < 4.78 is 4.91. The van der Waals surface area contributed by atoms with E-state index in [9.17, 15) is 4.79 Å². The molecule has 0 aliphatic rings. The zero-order valence-corrected chi connectivity index (χ0v) is 8.20. The first kappa shape index (κ1) is 9.35. The van der Waals surface area contributed by atoms with Crippen molar-refractivity contribution in [1.82, 2.24) is 4.98 Å². The van der Waals surface area contributed by atoms with Gasteiger partial charge in [-0.1, -0.05) is 0 Å². The average molecular weight is 185 g/mol. The number of carbonyl (C=O) groups excluding carboxylic acids is 1. The van der Waals surface area contributed by atoms with E-state index >= 15 is 0 Å². The number of aromatic nitrogens is 1. The lowest BCUT2D eigenvalue weighted by molar-refractivity contribution is 0.102. The van der Waals surface area contributed by atoms with Crippen LogP contribution in [0.15, 0.2) is 0 Å². The molecular weight excluding hydrogens is 174 g/mol. The first-order chi connectivity index (χ1) is 5.65. The van der Waals surface area contributed by atoms with Gasteiger partial charge in [0.05, 0.1) is 17.2 Å². The molecule has 0 N–H and O–H groups in total. The molecule has 3 nitrogen and oxygen atoms in total. The Hall–Kier alpha value is -0.740. The van der Waals surface area contributed by atoms with Gasteiger partial charge in [0.15, 0.2) is 5.78 Å². The minimum atomic E-state index is 0.0763. The van der Waals surface area contributed by atoms with Gasteiger partial charge in [-0.25, -0.2) is 4.98 Å². The summed E-state index contributed by atoms with van der Waals surface area (Å²) in [4.78, 5) is 15.9. The molecule has 0 radical (unpaired) electrons. The summed E-state index contributed by atoms with van der Waals surface area (Å²) >= 11 is 1.41. The van der Waals surface area contributed by atoms with Crippen molar-refractivity contribution in [2.24, 2.45) is 0 Å². The Morgan fingerprint density at radius 2 is 2.33 bits per heavy atom. The van der Waals surface area contributed by atoms with Crippen LogP contribution in [-0.2, 0) is 11.3 Å². The first-order valence-corrected chi connectivity index (χ1v) is 4.43. The number of nitrogens with zero attached hydrogens (tertiary/aromatic N) is 1. The van der Waals surface area contributed by atoms with E-state index in [-0.39, 0.29) is 5.78 Å². The van der Waals surface area contributed by atoms with E-state index in [0.717, 1.165) is 15.6 Å². The molecule has 0 aliphatic carbocycles. The monoisotopic (exact) mass is 185 g/mol.